The summed E-state index contributed by atoms with van der Waals surface area (Å²) in [7, 11) is 1.59. The first kappa shape index (κ1) is 15.7. The number of carbonyl (C=O) groups excluding carboxylic acids is 1. The molecule has 100 valence electrons. The fraction of sp³-hybridized carbons (Fsp3) is 0.818. The van der Waals surface area contributed by atoms with Gasteiger partial charge >= 0.3 is 12.0 Å². The fourth-order valence-corrected chi connectivity index (χ4v) is 1.24. The molecule has 0 aromatic rings. The molecule has 1 unspecified atom stereocenters. The molecule has 0 rings (SSSR count). The molecule has 0 saturated heterocycles. The summed E-state index contributed by atoms with van der Waals surface area (Å²) in [5.41, 5.74) is 0. The van der Waals surface area contributed by atoms with Crippen LogP contribution in [0, 0.1) is 5.92 Å². The average Bonchev–Trinajstić information content (AvgIpc) is 2.23. The molecule has 0 aliphatic heterocycles. The van der Waals surface area contributed by atoms with Gasteiger partial charge in [-0.15, -0.1) is 0 Å². The third-order valence-electron chi connectivity index (χ3n) is 2.32. The molecule has 0 aromatic heterocycles. The normalized spacial score (nSPS) is 12.2. The van der Waals surface area contributed by atoms with E-state index in [9.17, 15) is 9.59 Å². The zero-order valence-corrected chi connectivity index (χ0v) is 10.7. The van der Waals surface area contributed by atoms with Crippen molar-refractivity contribution in [1.82, 2.24) is 10.6 Å². The molecule has 0 fully saturated rings. The largest absolute Gasteiger partial charge is 0.481 e. The minimum atomic E-state index is -0.855. The molecule has 2 amide bonds. The van der Waals surface area contributed by atoms with Crippen LogP contribution in [0.2, 0.25) is 0 Å². The highest BCUT2D eigenvalue weighted by atomic mass is 16.5. The van der Waals surface area contributed by atoms with Gasteiger partial charge in [-0.2, -0.15) is 0 Å². The molecule has 3 N–H and O–H groups in total. The van der Waals surface area contributed by atoms with E-state index in [4.69, 9.17) is 9.84 Å². The number of ether oxygens (including phenoxy) is 1. The van der Waals surface area contributed by atoms with Crippen molar-refractivity contribution in [3.05, 3.63) is 0 Å². The predicted molar refractivity (Wildman–Crippen MR) is 63.9 cm³/mol. The topological polar surface area (TPSA) is 87.7 Å². The standard InChI is InChI=1S/C11H22N2O4/c1-8(2)9(7-17-3)13-11(16)12-6-4-5-10(14)15/h8-9H,4-7H2,1-3H3,(H,14,15)(H2,12,13,16). The first-order valence-electron chi connectivity index (χ1n) is 5.72. The monoisotopic (exact) mass is 246 g/mol. The maximum Gasteiger partial charge on any atom is 0.315 e. The molecular weight excluding hydrogens is 224 g/mol. The number of amides is 2. The van der Waals surface area contributed by atoms with Crippen molar-refractivity contribution >= 4 is 12.0 Å². The van der Waals surface area contributed by atoms with Gasteiger partial charge in [-0.25, -0.2) is 4.79 Å². The van der Waals surface area contributed by atoms with E-state index in [-0.39, 0.29) is 24.4 Å². The van der Waals surface area contributed by atoms with Gasteiger partial charge < -0.3 is 20.5 Å². The summed E-state index contributed by atoms with van der Waals surface area (Å²) in [5, 5.41) is 13.8. The van der Waals surface area contributed by atoms with Crippen molar-refractivity contribution in [2.75, 3.05) is 20.3 Å². The Labute approximate surface area is 102 Å². The molecule has 0 spiro atoms. The van der Waals surface area contributed by atoms with E-state index >= 15 is 0 Å². The summed E-state index contributed by atoms with van der Waals surface area (Å²) in [6.45, 7) is 4.80. The van der Waals surface area contributed by atoms with Crippen LogP contribution < -0.4 is 10.6 Å². The minimum Gasteiger partial charge on any atom is -0.481 e. The average molecular weight is 246 g/mol. The first-order valence-corrected chi connectivity index (χ1v) is 5.72. The van der Waals surface area contributed by atoms with E-state index in [1.54, 1.807) is 7.11 Å². The summed E-state index contributed by atoms with van der Waals surface area (Å²) in [5.74, 6) is -0.577. The predicted octanol–water partition coefficient (Wildman–Crippen LogP) is 0.821. The highest BCUT2D eigenvalue weighted by Gasteiger charge is 2.15. The Morgan fingerprint density at radius 3 is 2.47 bits per heavy atom. The molecule has 0 heterocycles. The lowest BCUT2D eigenvalue weighted by Crippen LogP contribution is -2.46. The first-order chi connectivity index (χ1) is 7.97. The highest BCUT2D eigenvalue weighted by Crippen LogP contribution is 2.01. The second-order valence-electron chi connectivity index (χ2n) is 4.20. The molecular formula is C11H22N2O4. The molecule has 6 heteroatoms. The molecule has 0 aromatic carbocycles. The van der Waals surface area contributed by atoms with Crippen molar-refractivity contribution < 1.29 is 19.4 Å². The lowest BCUT2D eigenvalue weighted by Gasteiger charge is -2.21. The number of urea groups is 1. The third-order valence-corrected chi connectivity index (χ3v) is 2.32. The Morgan fingerprint density at radius 2 is 2.00 bits per heavy atom. The maximum atomic E-state index is 11.5. The molecule has 0 aliphatic carbocycles. The quantitative estimate of drug-likeness (QED) is 0.553. The number of carboxylic acid groups (broad SMARTS) is 1. The van der Waals surface area contributed by atoms with Gasteiger partial charge in [0, 0.05) is 20.1 Å². The summed E-state index contributed by atoms with van der Waals surface area (Å²) in [6, 6.07) is -0.328. The number of carboxylic acids is 1. The zero-order chi connectivity index (χ0) is 13.3. The Morgan fingerprint density at radius 1 is 1.35 bits per heavy atom. The van der Waals surface area contributed by atoms with Gasteiger partial charge in [0.1, 0.15) is 0 Å². The molecule has 17 heavy (non-hydrogen) atoms. The third kappa shape index (κ3) is 8.50. The highest BCUT2D eigenvalue weighted by molar-refractivity contribution is 5.74. The van der Waals surface area contributed by atoms with Crippen molar-refractivity contribution in [3.8, 4) is 0 Å². The van der Waals surface area contributed by atoms with Gasteiger partial charge in [-0.05, 0) is 12.3 Å². The summed E-state index contributed by atoms with van der Waals surface area (Å²) in [4.78, 5) is 21.7. The second-order valence-corrected chi connectivity index (χ2v) is 4.20. The van der Waals surface area contributed by atoms with Crippen LogP contribution in [-0.4, -0.2) is 43.4 Å². The molecule has 0 aliphatic rings. The number of aliphatic carboxylic acids is 1. The summed E-state index contributed by atoms with van der Waals surface area (Å²) in [6.07, 6.45) is 0.491. The molecule has 6 nitrogen and oxygen atoms in total. The number of hydrogen-bond donors (Lipinski definition) is 3. The number of methoxy groups -OCH3 is 1. The summed E-state index contributed by atoms with van der Waals surface area (Å²) < 4.78 is 5.00. The lowest BCUT2D eigenvalue weighted by atomic mass is 10.1. The Bertz CT molecular complexity index is 244. The van der Waals surface area contributed by atoms with Gasteiger partial charge in [-0.1, -0.05) is 13.8 Å². The van der Waals surface area contributed by atoms with Crippen molar-refractivity contribution in [1.29, 1.82) is 0 Å². The number of carbonyl (C=O) groups is 2. The summed E-state index contributed by atoms with van der Waals surface area (Å²) >= 11 is 0. The van der Waals surface area contributed by atoms with Crippen LogP contribution in [0.1, 0.15) is 26.7 Å². The van der Waals surface area contributed by atoms with Gasteiger partial charge in [0.2, 0.25) is 0 Å². The van der Waals surface area contributed by atoms with Gasteiger partial charge in [0.25, 0.3) is 0 Å². The van der Waals surface area contributed by atoms with Crippen molar-refractivity contribution in [3.63, 3.8) is 0 Å². The molecule has 0 radical (unpaired) electrons. The van der Waals surface area contributed by atoms with E-state index in [0.717, 1.165) is 0 Å². The minimum absolute atomic E-state index is 0.0422. The fourth-order valence-electron chi connectivity index (χ4n) is 1.24. The Balaban J connectivity index is 3.78. The van der Waals surface area contributed by atoms with Crippen molar-refractivity contribution in [2.45, 2.75) is 32.7 Å². The number of rotatable bonds is 8. The molecule has 1 atom stereocenters. The Kier molecular flexibility index (Phi) is 8.13. The molecule has 0 saturated carbocycles. The molecule has 0 bridgehead atoms. The lowest BCUT2D eigenvalue weighted by molar-refractivity contribution is -0.137. The smallest absolute Gasteiger partial charge is 0.315 e. The van der Waals surface area contributed by atoms with E-state index in [0.29, 0.717) is 19.6 Å². The van der Waals surface area contributed by atoms with E-state index in [1.807, 2.05) is 13.8 Å². The number of nitrogens with one attached hydrogen (secondary N) is 2. The van der Waals surface area contributed by atoms with Crippen LogP contribution in [0.4, 0.5) is 4.79 Å². The van der Waals surface area contributed by atoms with Gasteiger partial charge in [-0.3, -0.25) is 4.79 Å². The van der Waals surface area contributed by atoms with Crippen molar-refractivity contribution in [2.24, 2.45) is 5.92 Å². The van der Waals surface area contributed by atoms with E-state index < -0.39 is 5.97 Å². The van der Waals surface area contributed by atoms with Crippen LogP contribution in [0.15, 0.2) is 0 Å². The maximum absolute atomic E-state index is 11.5. The SMILES string of the molecule is COCC(NC(=O)NCCCC(=O)O)C(C)C. The van der Waals surface area contributed by atoms with Crippen LogP contribution in [-0.2, 0) is 9.53 Å². The Hall–Kier alpha value is -1.30. The van der Waals surface area contributed by atoms with E-state index in [2.05, 4.69) is 10.6 Å². The zero-order valence-electron chi connectivity index (χ0n) is 10.7. The van der Waals surface area contributed by atoms with Crippen LogP contribution in [0.3, 0.4) is 0 Å². The van der Waals surface area contributed by atoms with Gasteiger partial charge in [0.05, 0.1) is 12.6 Å². The van der Waals surface area contributed by atoms with Gasteiger partial charge in [0.15, 0.2) is 0 Å². The van der Waals surface area contributed by atoms with Crippen LogP contribution >= 0.6 is 0 Å². The van der Waals surface area contributed by atoms with Crippen LogP contribution in [0.5, 0.6) is 0 Å². The number of hydrogen-bond acceptors (Lipinski definition) is 3. The van der Waals surface area contributed by atoms with E-state index in [1.165, 1.54) is 0 Å². The second kappa shape index (κ2) is 8.81. The van der Waals surface area contributed by atoms with Crippen LogP contribution in [0.25, 0.3) is 0 Å².